The van der Waals surface area contributed by atoms with Gasteiger partial charge in [0.05, 0.1) is 4.92 Å². The van der Waals surface area contributed by atoms with Crippen molar-refractivity contribution < 1.29 is 4.92 Å². The molecule has 0 spiro atoms. The highest BCUT2D eigenvalue weighted by atomic mass is 35.5. The highest BCUT2D eigenvalue weighted by Crippen LogP contribution is 2.22. The molecule has 0 saturated heterocycles. The molecule has 0 aliphatic carbocycles. The van der Waals surface area contributed by atoms with E-state index in [-0.39, 0.29) is 16.8 Å². The van der Waals surface area contributed by atoms with Crippen LogP contribution in [0.25, 0.3) is 0 Å². The van der Waals surface area contributed by atoms with Gasteiger partial charge in [0, 0.05) is 11.4 Å². The van der Waals surface area contributed by atoms with E-state index in [2.05, 4.69) is 15.3 Å². The van der Waals surface area contributed by atoms with Crippen LogP contribution in [0.3, 0.4) is 0 Å². The summed E-state index contributed by atoms with van der Waals surface area (Å²) in [5.74, 6) is 0.150. The fourth-order valence-electron chi connectivity index (χ4n) is 1.38. The molecule has 0 aromatic carbocycles. The molecule has 18 heavy (non-hydrogen) atoms. The molecular weight excluding hydrogens is 276 g/mol. The lowest BCUT2D eigenvalue weighted by molar-refractivity contribution is -0.384. The molecule has 94 valence electrons. The number of aromatic nitrogens is 2. The van der Waals surface area contributed by atoms with Gasteiger partial charge in [0.25, 0.3) is 0 Å². The van der Waals surface area contributed by atoms with E-state index in [1.54, 1.807) is 11.3 Å². The van der Waals surface area contributed by atoms with Gasteiger partial charge in [-0.05, 0) is 29.5 Å². The van der Waals surface area contributed by atoms with Crippen LogP contribution in [0.15, 0.2) is 23.7 Å². The second-order valence-electron chi connectivity index (χ2n) is 3.39. The summed E-state index contributed by atoms with van der Waals surface area (Å²) in [7, 11) is 0. The van der Waals surface area contributed by atoms with Crippen molar-refractivity contribution >= 4 is 34.4 Å². The summed E-state index contributed by atoms with van der Waals surface area (Å²) in [5, 5.41) is 15.6. The van der Waals surface area contributed by atoms with Gasteiger partial charge in [-0.3, -0.25) is 10.1 Å². The van der Waals surface area contributed by atoms with Gasteiger partial charge in [0.1, 0.15) is 6.20 Å². The van der Waals surface area contributed by atoms with E-state index in [4.69, 9.17) is 11.6 Å². The molecule has 0 bridgehead atoms. The van der Waals surface area contributed by atoms with Crippen molar-refractivity contribution in [3.05, 3.63) is 44.0 Å². The third-order valence-electron chi connectivity index (χ3n) is 2.18. The van der Waals surface area contributed by atoms with Gasteiger partial charge in [-0.2, -0.15) is 4.98 Å². The lowest BCUT2D eigenvalue weighted by atomic mass is 10.3. The fraction of sp³-hybridized carbons (Fsp3) is 0.200. The molecule has 6 nitrogen and oxygen atoms in total. The zero-order valence-corrected chi connectivity index (χ0v) is 10.7. The first-order chi connectivity index (χ1) is 8.66. The Morgan fingerprint density at radius 3 is 3.06 bits per heavy atom. The zero-order valence-electron chi connectivity index (χ0n) is 9.17. The summed E-state index contributed by atoms with van der Waals surface area (Å²) in [5.41, 5.74) is -0.175. The van der Waals surface area contributed by atoms with Crippen molar-refractivity contribution in [3.8, 4) is 0 Å². The van der Waals surface area contributed by atoms with E-state index in [9.17, 15) is 10.1 Å². The van der Waals surface area contributed by atoms with E-state index in [0.717, 1.165) is 12.6 Å². The maximum Gasteiger partial charge on any atom is 0.329 e. The Balaban J connectivity index is 2.03. The molecule has 0 unspecified atom stereocenters. The molecule has 8 heteroatoms. The number of rotatable bonds is 5. The Bertz CT molecular complexity index is 547. The first kappa shape index (κ1) is 12.7. The average Bonchev–Trinajstić information content (AvgIpc) is 2.82. The van der Waals surface area contributed by atoms with Crippen molar-refractivity contribution in [2.75, 3.05) is 11.9 Å². The smallest absolute Gasteiger partial charge is 0.329 e. The standard InChI is InChI=1S/C10H9ClN4O2S/c11-10-13-6-8(15(16)17)9(14-10)12-4-3-7-2-1-5-18-7/h1-2,5-6H,3-4H2,(H,12,13,14). The Hall–Kier alpha value is -1.73. The molecule has 0 saturated carbocycles. The fourth-order valence-corrected chi connectivity index (χ4v) is 2.22. The summed E-state index contributed by atoms with van der Waals surface area (Å²) in [4.78, 5) is 18.8. The van der Waals surface area contributed by atoms with Gasteiger partial charge < -0.3 is 5.32 Å². The van der Waals surface area contributed by atoms with Crippen LogP contribution in [-0.4, -0.2) is 21.4 Å². The largest absolute Gasteiger partial charge is 0.364 e. The topological polar surface area (TPSA) is 81.0 Å². The Labute approximate surface area is 112 Å². The summed E-state index contributed by atoms with van der Waals surface area (Å²) < 4.78 is 0. The minimum atomic E-state index is -0.538. The van der Waals surface area contributed by atoms with Crippen molar-refractivity contribution in [2.24, 2.45) is 0 Å². The van der Waals surface area contributed by atoms with E-state index < -0.39 is 4.92 Å². The number of nitrogens with one attached hydrogen (secondary N) is 1. The molecular formula is C10H9ClN4O2S. The van der Waals surface area contributed by atoms with Gasteiger partial charge in [0.2, 0.25) is 11.1 Å². The summed E-state index contributed by atoms with van der Waals surface area (Å²) in [6, 6.07) is 3.97. The lowest BCUT2D eigenvalue weighted by Gasteiger charge is -2.04. The van der Waals surface area contributed by atoms with Gasteiger partial charge in [-0.1, -0.05) is 6.07 Å². The molecule has 0 aliphatic rings. The number of anilines is 1. The minimum absolute atomic E-state index is 0.0146. The maximum atomic E-state index is 10.8. The Kier molecular flexibility index (Phi) is 4.06. The predicted octanol–water partition coefficient (Wildman–Crippen LogP) is 2.75. The molecule has 0 aliphatic heterocycles. The molecule has 2 rings (SSSR count). The van der Waals surface area contributed by atoms with Crippen molar-refractivity contribution in [1.29, 1.82) is 0 Å². The molecule has 2 heterocycles. The number of nitro groups is 1. The first-order valence-electron chi connectivity index (χ1n) is 5.10. The van der Waals surface area contributed by atoms with Crippen LogP contribution < -0.4 is 5.32 Å². The van der Waals surface area contributed by atoms with E-state index in [1.807, 2.05) is 17.5 Å². The third-order valence-corrected chi connectivity index (χ3v) is 3.30. The van der Waals surface area contributed by atoms with Crippen molar-refractivity contribution in [3.63, 3.8) is 0 Å². The van der Waals surface area contributed by atoms with Gasteiger partial charge >= 0.3 is 5.69 Å². The Morgan fingerprint density at radius 2 is 2.39 bits per heavy atom. The van der Waals surface area contributed by atoms with Crippen LogP contribution in [0.4, 0.5) is 11.5 Å². The number of nitrogens with zero attached hydrogens (tertiary/aromatic N) is 3. The van der Waals surface area contributed by atoms with Crippen LogP contribution in [0.1, 0.15) is 4.88 Å². The molecule has 0 radical (unpaired) electrons. The highest BCUT2D eigenvalue weighted by Gasteiger charge is 2.16. The summed E-state index contributed by atoms with van der Waals surface area (Å²) in [6.07, 6.45) is 1.87. The molecule has 2 aromatic heterocycles. The summed E-state index contributed by atoms with van der Waals surface area (Å²) in [6.45, 7) is 0.550. The van der Waals surface area contributed by atoms with Gasteiger partial charge in [-0.25, -0.2) is 4.98 Å². The average molecular weight is 285 g/mol. The third kappa shape index (κ3) is 3.14. The van der Waals surface area contributed by atoms with Crippen LogP contribution in [0, 0.1) is 10.1 Å². The van der Waals surface area contributed by atoms with E-state index in [1.165, 1.54) is 4.88 Å². The number of halogens is 1. The van der Waals surface area contributed by atoms with Gasteiger partial charge in [0.15, 0.2) is 0 Å². The van der Waals surface area contributed by atoms with E-state index >= 15 is 0 Å². The SMILES string of the molecule is O=[N+]([O-])c1cnc(Cl)nc1NCCc1cccs1. The Morgan fingerprint density at radius 1 is 1.56 bits per heavy atom. The predicted molar refractivity (Wildman–Crippen MR) is 70.2 cm³/mol. The van der Waals surface area contributed by atoms with Crippen LogP contribution in [-0.2, 0) is 6.42 Å². The first-order valence-corrected chi connectivity index (χ1v) is 6.36. The van der Waals surface area contributed by atoms with Crippen LogP contribution >= 0.6 is 22.9 Å². The monoisotopic (exact) mass is 284 g/mol. The second kappa shape index (κ2) is 5.74. The number of thiophene rings is 1. The quantitative estimate of drug-likeness (QED) is 0.519. The van der Waals surface area contributed by atoms with Crippen LogP contribution in [0.5, 0.6) is 0 Å². The number of hydrogen-bond acceptors (Lipinski definition) is 6. The van der Waals surface area contributed by atoms with Gasteiger partial charge in [-0.15, -0.1) is 11.3 Å². The van der Waals surface area contributed by atoms with Crippen molar-refractivity contribution in [2.45, 2.75) is 6.42 Å². The highest BCUT2D eigenvalue weighted by molar-refractivity contribution is 7.09. The van der Waals surface area contributed by atoms with Crippen molar-refractivity contribution in [1.82, 2.24) is 9.97 Å². The van der Waals surface area contributed by atoms with E-state index in [0.29, 0.717) is 6.54 Å². The number of hydrogen-bond donors (Lipinski definition) is 1. The molecule has 0 atom stereocenters. The normalized spacial score (nSPS) is 10.3. The molecule has 0 amide bonds. The maximum absolute atomic E-state index is 10.8. The van der Waals surface area contributed by atoms with Crippen LogP contribution in [0.2, 0.25) is 5.28 Å². The molecule has 2 aromatic rings. The molecule has 0 fully saturated rings. The zero-order chi connectivity index (χ0) is 13.0. The summed E-state index contributed by atoms with van der Waals surface area (Å²) >= 11 is 7.26. The molecule has 1 N–H and O–H groups in total. The second-order valence-corrected chi connectivity index (χ2v) is 4.76. The lowest BCUT2D eigenvalue weighted by Crippen LogP contribution is -2.08. The minimum Gasteiger partial charge on any atom is -0.364 e.